The number of pyridine rings is 2. The van der Waals surface area contributed by atoms with Gasteiger partial charge in [-0.1, -0.05) is 34.8 Å². The molecule has 0 bridgehead atoms. The van der Waals surface area contributed by atoms with Gasteiger partial charge in [0.05, 0.1) is 11.1 Å². The number of aromatic hydroxyl groups is 1. The van der Waals surface area contributed by atoms with Crippen LogP contribution in [0, 0.1) is 0 Å². The van der Waals surface area contributed by atoms with Gasteiger partial charge < -0.3 is 9.84 Å². The minimum absolute atomic E-state index is 0.181. The number of phenolic OH excluding ortho intramolecular Hbond substituents is 1. The van der Waals surface area contributed by atoms with Crippen molar-refractivity contribution >= 4 is 47.4 Å². The quantitative estimate of drug-likeness (QED) is 0.136. The fourth-order valence-electron chi connectivity index (χ4n) is 2.61. The van der Waals surface area contributed by atoms with E-state index < -0.39 is 23.5 Å². The molecule has 216 valence electrons. The number of alkyl halides is 6. The molecule has 4 aromatic rings. The maximum absolute atomic E-state index is 12.6. The van der Waals surface area contributed by atoms with Gasteiger partial charge in [-0.05, 0) is 66.7 Å². The van der Waals surface area contributed by atoms with Crippen LogP contribution in [0.5, 0.6) is 17.4 Å². The molecule has 0 atom stereocenters. The van der Waals surface area contributed by atoms with Crippen LogP contribution in [-0.2, 0) is 12.4 Å². The molecule has 4 rings (SSSR count). The smallest absolute Gasteiger partial charge is 0.416 e. The Labute approximate surface area is 243 Å². The Morgan fingerprint density at radius 1 is 0.634 bits per heavy atom. The minimum atomic E-state index is -4.54. The van der Waals surface area contributed by atoms with Crippen molar-refractivity contribution in [2.45, 2.75) is 12.4 Å². The Hall–Kier alpha value is -3.87. The molecule has 15 heteroatoms. The molecule has 0 aliphatic rings. The van der Waals surface area contributed by atoms with Crippen molar-refractivity contribution in [2.24, 2.45) is 0 Å². The number of hydrogen-bond acceptors (Lipinski definition) is 6. The molecule has 0 amide bonds. The minimum Gasteiger partial charge on any atom is -0.508 e. The van der Waals surface area contributed by atoms with E-state index in [0.29, 0.717) is 35.6 Å². The molecule has 0 radical (unpaired) electrons. The molecular formula is C26H15Cl3F6N2O4. The van der Waals surface area contributed by atoms with Crippen LogP contribution in [0.3, 0.4) is 0 Å². The number of benzene rings is 2. The van der Waals surface area contributed by atoms with Crippen LogP contribution >= 0.6 is 34.8 Å². The van der Waals surface area contributed by atoms with Crippen LogP contribution in [0.25, 0.3) is 0 Å². The predicted molar refractivity (Wildman–Crippen MR) is 139 cm³/mol. The lowest BCUT2D eigenvalue weighted by Crippen LogP contribution is -2.05. The number of rotatable bonds is 4. The van der Waals surface area contributed by atoms with Gasteiger partial charge in [0.2, 0.25) is 5.88 Å². The molecule has 41 heavy (non-hydrogen) atoms. The Morgan fingerprint density at radius 3 is 1.44 bits per heavy atom. The van der Waals surface area contributed by atoms with Crippen LogP contribution in [0.4, 0.5) is 26.3 Å². The van der Waals surface area contributed by atoms with Crippen LogP contribution in [0.2, 0.25) is 15.5 Å². The number of carbonyl (C=O) groups excluding carboxylic acids is 2. The first-order valence-electron chi connectivity index (χ1n) is 10.7. The fraction of sp³-hybridized carbons (Fsp3) is 0.0769. The van der Waals surface area contributed by atoms with Crippen molar-refractivity contribution in [1.29, 1.82) is 0 Å². The van der Waals surface area contributed by atoms with Crippen LogP contribution in [0.15, 0.2) is 72.8 Å². The lowest BCUT2D eigenvalue weighted by Gasteiger charge is -2.10. The summed E-state index contributed by atoms with van der Waals surface area (Å²) >= 11 is 16.1. The summed E-state index contributed by atoms with van der Waals surface area (Å²) < 4.78 is 79.0. The highest BCUT2D eigenvalue weighted by molar-refractivity contribution is 6.32. The van der Waals surface area contributed by atoms with Gasteiger partial charge >= 0.3 is 12.4 Å². The zero-order chi connectivity index (χ0) is 30.8. The van der Waals surface area contributed by atoms with E-state index in [1.807, 2.05) is 0 Å². The Morgan fingerprint density at radius 2 is 1.02 bits per heavy atom. The molecule has 1 N–H and O–H groups in total. The molecule has 6 nitrogen and oxygen atoms in total. The average molecular weight is 640 g/mol. The molecule has 2 heterocycles. The van der Waals surface area contributed by atoms with Crippen molar-refractivity contribution in [1.82, 2.24) is 9.97 Å². The van der Waals surface area contributed by atoms with E-state index in [9.17, 15) is 35.9 Å². The molecule has 0 fully saturated rings. The maximum Gasteiger partial charge on any atom is 0.416 e. The van der Waals surface area contributed by atoms with Crippen molar-refractivity contribution in [3.63, 3.8) is 0 Å². The number of aromatic nitrogens is 2. The van der Waals surface area contributed by atoms with Gasteiger partial charge in [0, 0.05) is 17.2 Å². The Balaban J connectivity index is 0.000000237. The highest BCUT2D eigenvalue weighted by Gasteiger charge is 2.32. The molecule has 0 saturated carbocycles. The second-order valence-corrected chi connectivity index (χ2v) is 8.67. The van der Waals surface area contributed by atoms with E-state index in [2.05, 4.69) is 9.97 Å². The summed E-state index contributed by atoms with van der Waals surface area (Å²) in [5.41, 5.74) is -0.843. The highest BCUT2D eigenvalue weighted by atomic mass is 35.5. The molecule has 2 aromatic carbocycles. The molecule has 0 spiro atoms. The summed E-state index contributed by atoms with van der Waals surface area (Å²) in [7, 11) is 0. The number of hydrogen-bond donors (Lipinski definition) is 1. The van der Waals surface area contributed by atoms with E-state index in [1.165, 1.54) is 36.4 Å². The molecule has 0 aliphatic carbocycles. The summed E-state index contributed by atoms with van der Waals surface area (Å²) in [5.74, 6) is 0.155. The number of aldehydes is 2. The van der Waals surface area contributed by atoms with E-state index >= 15 is 0 Å². The van der Waals surface area contributed by atoms with Crippen LogP contribution in [0.1, 0.15) is 31.8 Å². The fourth-order valence-corrected chi connectivity index (χ4v) is 3.27. The SMILES string of the molecule is FC(F)(F)c1cc(Cl)nc(Cl)c1.O=Cc1ccc(O)cc1.O=Cc1ccc(Oc2cc(C(F)(F)F)cc(Cl)n2)cc1. The maximum atomic E-state index is 12.6. The molecular weight excluding hydrogens is 625 g/mol. The largest absolute Gasteiger partial charge is 0.508 e. The Bertz CT molecular complexity index is 1450. The summed E-state index contributed by atoms with van der Waals surface area (Å²) in [5, 5.41) is 7.88. The molecule has 0 unspecified atom stereocenters. The third-order valence-electron chi connectivity index (χ3n) is 4.46. The van der Waals surface area contributed by atoms with Crippen molar-refractivity contribution in [3.8, 4) is 17.4 Å². The molecule has 0 saturated heterocycles. The summed E-state index contributed by atoms with van der Waals surface area (Å²) in [4.78, 5) is 27.6. The number of carbonyl (C=O) groups is 2. The van der Waals surface area contributed by atoms with E-state index in [4.69, 9.17) is 44.6 Å². The number of phenols is 1. The van der Waals surface area contributed by atoms with Crippen molar-refractivity contribution in [3.05, 3.63) is 111 Å². The average Bonchev–Trinajstić information content (AvgIpc) is 2.88. The van der Waals surface area contributed by atoms with Gasteiger partial charge in [-0.2, -0.15) is 26.3 Å². The van der Waals surface area contributed by atoms with Gasteiger partial charge in [-0.25, -0.2) is 9.97 Å². The number of halogens is 9. The molecule has 0 aliphatic heterocycles. The molecule has 2 aromatic heterocycles. The third kappa shape index (κ3) is 11.6. The van der Waals surface area contributed by atoms with E-state index in [1.54, 1.807) is 12.1 Å². The van der Waals surface area contributed by atoms with Crippen LogP contribution in [-0.4, -0.2) is 27.6 Å². The van der Waals surface area contributed by atoms with Gasteiger partial charge in [-0.15, -0.1) is 0 Å². The first kappa shape index (κ1) is 33.3. The Kier molecular flexibility index (Phi) is 11.9. The summed E-state index contributed by atoms with van der Waals surface area (Å²) in [6, 6.07) is 14.8. The topological polar surface area (TPSA) is 89.4 Å². The summed E-state index contributed by atoms with van der Waals surface area (Å²) in [6.45, 7) is 0. The van der Waals surface area contributed by atoms with Gasteiger partial charge in [0.1, 0.15) is 39.5 Å². The highest BCUT2D eigenvalue weighted by Crippen LogP contribution is 2.34. The predicted octanol–water partition coefficient (Wildman–Crippen LogP) is 8.97. The zero-order valence-corrected chi connectivity index (χ0v) is 22.3. The normalized spacial score (nSPS) is 10.9. The van der Waals surface area contributed by atoms with Gasteiger partial charge in [0.25, 0.3) is 0 Å². The standard InChI is InChI=1S/C13H7ClF3NO2.C7H6O2.C6H2Cl2F3N/c14-11-5-9(13(15,16)17)6-12(18-11)20-10-3-1-8(7-19)2-4-10;8-5-6-1-3-7(9)4-2-6;7-4-1-3(6(9,10)11)2-5(8)12-4/h1-7H;1-5,9H;1-2H. The van der Waals surface area contributed by atoms with E-state index in [0.717, 1.165) is 12.4 Å². The number of ether oxygens (including phenoxy) is 1. The first-order chi connectivity index (χ1) is 19.1. The second kappa shape index (κ2) is 14.7. The number of nitrogens with zero attached hydrogens (tertiary/aromatic N) is 2. The first-order valence-corrected chi connectivity index (χ1v) is 11.9. The van der Waals surface area contributed by atoms with Gasteiger partial charge in [-0.3, -0.25) is 9.59 Å². The lowest BCUT2D eigenvalue weighted by molar-refractivity contribution is -0.138. The monoisotopic (exact) mass is 638 g/mol. The third-order valence-corrected chi connectivity index (χ3v) is 5.04. The zero-order valence-electron chi connectivity index (χ0n) is 20.1. The summed E-state index contributed by atoms with van der Waals surface area (Å²) in [6.07, 6.45) is -7.59. The van der Waals surface area contributed by atoms with Crippen molar-refractivity contribution < 1.29 is 45.8 Å². The second-order valence-electron chi connectivity index (χ2n) is 7.51. The van der Waals surface area contributed by atoms with E-state index in [-0.39, 0.29) is 32.8 Å². The van der Waals surface area contributed by atoms with Gasteiger partial charge in [0.15, 0.2) is 0 Å². The van der Waals surface area contributed by atoms with Crippen molar-refractivity contribution in [2.75, 3.05) is 0 Å². The lowest BCUT2D eigenvalue weighted by atomic mass is 10.2. The van der Waals surface area contributed by atoms with Crippen LogP contribution < -0.4 is 4.74 Å².